The topological polar surface area (TPSA) is 9.23 Å². The monoisotopic (exact) mass is 256 g/mol. The fraction of sp³-hybridized carbons (Fsp3) is 0.429. The summed E-state index contributed by atoms with van der Waals surface area (Å²) in [5.41, 5.74) is 1.06. The first kappa shape index (κ1) is 13.0. The average molecular weight is 256 g/mol. The van der Waals surface area contributed by atoms with E-state index in [-0.39, 0.29) is 6.10 Å². The number of hydrogen-bond acceptors (Lipinski definition) is 1. The first-order valence-electron chi connectivity index (χ1n) is 6.11. The Morgan fingerprint density at radius 3 is 2.39 bits per heavy atom. The van der Waals surface area contributed by atoms with Crippen molar-refractivity contribution in [3.05, 3.63) is 41.4 Å². The molecule has 98 valence electrons. The molecule has 0 bridgehead atoms. The van der Waals surface area contributed by atoms with Crippen LogP contribution in [0.5, 0.6) is 0 Å². The SMILES string of the molecule is CCCC1CCC(c2cc(F)c(F)c(F)c2)=CO1. The van der Waals surface area contributed by atoms with Crippen molar-refractivity contribution in [2.24, 2.45) is 0 Å². The maximum absolute atomic E-state index is 13.1. The van der Waals surface area contributed by atoms with Crippen molar-refractivity contribution in [1.29, 1.82) is 0 Å². The zero-order chi connectivity index (χ0) is 13.1. The summed E-state index contributed by atoms with van der Waals surface area (Å²) in [5, 5.41) is 0. The zero-order valence-electron chi connectivity index (χ0n) is 10.2. The van der Waals surface area contributed by atoms with Crippen LogP contribution in [0.2, 0.25) is 0 Å². The molecule has 4 heteroatoms. The number of halogens is 3. The summed E-state index contributed by atoms with van der Waals surface area (Å²) < 4.78 is 44.6. The highest BCUT2D eigenvalue weighted by atomic mass is 19.2. The molecule has 0 saturated carbocycles. The minimum atomic E-state index is -1.43. The fourth-order valence-electron chi connectivity index (χ4n) is 2.11. The Morgan fingerprint density at radius 2 is 1.89 bits per heavy atom. The number of ether oxygens (including phenoxy) is 1. The summed E-state index contributed by atoms with van der Waals surface area (Å²) >= 11 is 0. The molecule has 1 heterocycles. The predicted molar refractivity (Wildman–Crippen MR) is 63.3 cm³/mol. The van der Waals surface area contributed by atoms with E-state index in [0.29, 0.717) is 17.6 Å². The highest BCUT2D eigenvalue weighted by molar-refractivity contribution is 5.65. The van der Waals surface area contributed by atoms with Crippen LogP contribution in [0.25, 0.3) is 5.57 Å². The van der Waals surface area contributed by atoms with Gasteiger partial charge in [0.1, 0.15) is 0 Å². The largest absolute Gasteiger partial charge is 0.498 e. The molecule has 0 amide bonds. The van der Waals surface area contributed by atoms with Crippen molar-refractivity contribution in [3.63, 3.8) is 0 Å². The number of allylic oxidation sites excluding steroid dienone is 1. The molecule has 1 atom stereocenters. The Bertz CT molecular complexity index is 445. The average Bonchev–Trinajstić information content (AvgIpc) is 2.37. The maximum atomic E-state index is 13.1. The third-order valence-electron chi connectivity index (χ3n) is 3.10. The lowest BCUT2D eigenvalue weighted by Gasteiger charge is -2.23. The van der Waals surface area contributed by atoms with Gasteiger partial charge in [0.05, 0.1) is 12.4 Å². The molecule has 1 aliphatic rings. The summed E-state index contributed by atoms with van der Waals surface area (Å²) in [6, 6.07) is 2.02. The molecule has 0 N–H and O–H groups in total. The van der Waals surface area contributed by atoms with Crippen LogP contribution in [0.3, 0.4) is 0 Å². The zero-order valence-corrected chi connectivity index (χ0v) is 10.2. The molecule has 1 aromatic rings. The Morgan fingerprint density at radius 1 is 1.22 bits per heavy atom. The van der Waals surface area contributed by atoms with Crippen molar-refractivity contribution in [2.45, 2.75) is 38.7 Å². The van der Waals surface area contributed by atoms with Crippen LogP contribution in [-0.4, -0.2) is 6.10 Å². The van der Waals surface area contributed by atoms with E-state index in [0.717, 1.165) is 31.4 Å². The van der Waals surface area contributed by atoms with E-state index in [1.165, 1.54) is 6.26 Å². The van der Waals surface area contributed by atoms with Gasteiger partial charge in [0.25, 0.3) is 0 Å². The maximum Gasteiger partial charge on any atom is 0.194 e. The van der Waals surface area contributed by atoms with Gasteiger partial charge < -0.3 is 4.74 Å². The molecule has 18 heavy (non-hydrogen) atoms. The van der Waals surface area contributed by atoms with Crippen molar-refractivity contribution in [2.75, 3.05) is 0 Å². The molecule has 1 aromatic carbocycles. The Kier molecular flexibility index (Phi) is 3.94. The van der Waals surface area contributed by atoms with E-state index in [4.69, 9.17) is 4.74 Å². The van der Waals surface area contributed by atoms with Gasteiger partial charge in [-0.25, -0.2) is 13.2 Å². The molecule has 1 aliphatic heterocycles. The minimum Gasteiger partial charge on any atom is -0.498 e. The van der Waals surface area contributed by atoms with E-state index >= 15 is 0 Å². The van der Waals surface area contributed by atoms with Crippen molar-refractivity contribution < 1.29 is 17.9 Å². The lowest BCUT2D eigenvalue weighted by molar-refractivity contribution is 0.118. The summed E-state index contributed by atoms with van der Waals surface area (Å²) in [6.07, 6.45) is 5.23. The Hall–Kier alpha value is -1.45. The minimum absolute atomic E-state index is 0.175. The standard InChI is InChI=1S/C14H15F3O/c1-2-3-11-5-4-9(8-18-11)10-6-12(15)14(17)13(16)7-10/h6-8,11H,2-5H2,1H3. The van der Waals surface area contributed by atoms with Crippen LogP contribution in [0.4, 0.5) is 13.2 Å². The van der Waals surface area contributed by atoms with Gasteiger partial charge in [0.15, 0.2) is 17.5 Å². The van der Waals surface area contributed by atoms with E-state index in [1.807, 2.05) is 0 Å². The van der Waals surface area contributed by atoms with Gasteiger partial charge in [0, 0.05) is 0 Å². The summed E-state index contributed by atoms with van der Waals surface area (Å²) in [5.74, 6) is -3.76. The summed E-state index contributed by atoms with van der Waals surface area (Å²) in [7, 11) is 0. The highest BCUT2D eigenvalue weighted by Crippen LogP contribution is 2.29. The lowest BCUT2D eigenvalue weighted by atomic mass is 9.97. The predicted octanol–water partition coefficient (Wildman–Crippen LogP) is 4.42. The van der Waals surface area contributed by atoms with E-state index in [1.54, 1.807) is 0 Å². The van der Waals surface area contributed by atoms with Gasteiger partial charge in [-0.2, -0.15) is 0 Å². The lowest BCUT2D eigenvalue weighted by Crippen LogP contribution is -2.14. The third-order valence-corrected chi connectivity index (χ3v) is 3.10. The molecule has 2 rings (SSSR count). The summed E-state index contributed by atoms with van der Waals surface area (Å²) in [4.78, 5) is 0. The highest BCUT2D eigenvalue weighted by Gasteiger charge is 2.18. The first-order valence-corrected chi connectivity index (χ1v) is 6.11. The number of hydrogen-bond donors (Lipinski definition) is 0. The van der Waals surface area contributed by atoms with Gasteiger partial charge in [-0.15, -0.1) is 0 Å². The molecule has 0 spiro atoms. The van der Waals surface area contributed by atoms with Crippen molar-refractivity contribution in [3.8, 4) is 0 Å². The number of rotatable bonds is 3. The molecular weight excluding hydrogens is 241 g/mol. The second-order valence-corrected chi connectivity index (χ2v) is 4.48. The van der Waals surface area contributed by atoms with Gasteiger partial charge in [-0.1, -0.05) is 13.3 Å². The van der Waals surface area contributed by atoms with E-state index < -0.39 is 17.5 Å². The van der Waals surface area contributed by atoms with Crippen LogP contribution in [-0.2, 0) is 4.74 Å². The Balaban J connectivity index is 2.18. The molecular formula is C14H15F3O. The molecule has 1 nitrogen and oxygen atoms in total. The van der Waals surface area contributed by atoms with Crippen molar-refractivity contribution >= 4 is 5.57 Å². The van der Waals surface area contributed by atoms with E-state index in [2.05, 4.69) is 6.92 Å². The van der Waals surface area contributed by atoms with Gasteiger partial charge in [-0.3, -0.25) is 0 Å². The van der Waals surface area contributed by atoms with Crippen LogP contribution in [0.15, 0.2) is 18.4 Å². The second-order valence-electron chi connectivity index (χ2n) is 4.48. The molecule has 0 radical (unpaired) electrons. The molecule has 1 unspecified atom stereocenters. The van der Waals surface area contributed by atoms with Gasteiger partial charge >= 0.3 is 0 Å². The molecule has 0 aliphatic carbocycles. The third kappa shape index (κ3) is 2.68. The quantitative estimate of drug-likeness (QED) is 0.727. The fourth-order valence-corrected chi connectivity index (χ4v) is 2.11. The normalized spacial score (nSPS) is 19.3. The Labute approximate surface area is 104 Å². The van der Waals surface area contributed by atoms with Gasteiger partial charge in [-0.05, 0) is 42.5 Å². The van der Waals surface area contributed by atoms with Crippen LogP contribution in [0.1, 0.15) is 38.2 Å². The van der Waals surface area contributed by atoms with E-state index in [9.17, 15) is 13.2 Å². The van der Waals surface area contributed by atoms with Gasteiger partial charge in [0.2, 0.25) is 0 Å². The van der Waals surface area contributed by atoms with Crippen molar-refractivity contribution in [1.82, 2.24) is 0 Å². The molecule has 0 saturated heterocycles. The number of benzene rings is 1. The van der Waals surface area contributed by atoms with Crippen LogP contribution in [0, 0.1) is 17.5 Å². The first-order chi connectivity index (χ1) is 8.61. The second kappa shape index (κ2) is 5.46. The summed E-state index contributed by atoms with van der Waals surface area (Å²) in [6.45, 7) is 2.08. The smallest absolute Gasteiger partial charge is 0.194 e. The molecule has 0 aromatic heterocycles. The molecule has 0 fully saturated rings. The van der Waals surface area contributed by atoms with Crippen LogP contribution >= 0.6 is 0 Å². The van der Waals surface area contributed by atoms with Crippen LogP contribution < -0.4 is 0 Å².